The summed E-state index contributed by atoms with van der Waals surface area (Å²) in [5.41, 5.74) is 0.742. The van der Waals surface area contributed by atoms with Crippen LogP contribution in [-0.4, -0.2) is 35.5 Å². The highest BCUT2D eigenvalue weighted by molar-refractivity contribution is 5.95. The Morgan fingerprint density at radius 1 is 1.33 bits per heavy atom. The van der Waals surface area contributed by atoms with Crippen LogP contribution >= 0.6 is 0 Å². The summed E-state index contributed by atoms with van der Waals surface area (Å²) in [6, 6.07) is 3.47. The van der Waals surface area contributed by atoms with Gasteiger partial charge in [-0.25, -0.2) is 0 Å². The van der Waals surface area contributed by atoms with E-state index in [4.69, 9.17) is 4.42 Å². The molecule has 1 amide bonds. The van der Waals surface area contributed by atoms with Gasteiger partial charge in [-0.2, -0.15) is 0 Å². The van der Waals surface area contributed by atoms with Crippen LogP contribution in [0.25, 0.3) is 0 Å². The number of nitrogens with one attached hydrogen (secondary N) is 1. The fourth-order valence-corrected chi connectivity index (χ4v) is 3.97. The van der Waals surface area contributed by atoms with E-state index in [1.807, 2.05) is 19.9 Å². The quantitative estimate of drug-likeness (QED) is 0.927. The first-order valence-electron chi connectivity index (χ1n) is 8.22. The number of carbonyl (C=O) groups is 1. The van der Waals surface area contributed by atoms with Crippen molar-refractivity contribution in [2.24, 2.45) is 0 Å². The normalized spacial score (nSPS) is 27.9. The van der Waals surface area contributed by atoms with Crippen molar-refractivity contribution in [3.05, 3.63) is 23.2 Å². The monoisotopic (exact) mass is 290 g/mol. The molecule has 0 aromatic carbocycles. The Hall–Kier alpha value is -1.29. The first-order valence-corrected chi connectivity index (χ1v) is 8.22. The first-order chi connectivity index (χ1) is 10.1. The van der Waals surface area contributed by atoms with Crippen LogP contribution in [0.5, 0.6) is 0 Å². The van der Waals surface area contributed by atoms with E-state index in [-0.39, 0.29) is 5.91 Å². The third kappa shape index (κ3) is 2.86. The summed E-state index contributed by atoms with van der Waals surface area (Å²) >= 11 is 0. The van der Waals surface area contributed by atoms with Gasteiger partial charge in [-0.05, 0) is 52.0 Å². The van der Waals surface area contributed by atoms with Crippen LogP contribution in [0.4, 0.5) is 0 Å². The maximum absolute atomic E-state index is 12.9. The predicted molar refractivity (Wildman–Crippen MR) is 82.5 cm³/mol. The molecule has 4 nitrogen and oxygen atoms in total. The Morgan fingerprint density at radius 3 is 2.52 bits per heavy atom. The maximum Gasteiger partial charge on any atom is 0.257 e. The smallest absolute Gasteiger partial charge is 0.257 e. The maximum atomic E-state index is 12.9. The number of nitrogens with zero attached hydrogens (tertiary/aromatic N) is 1. The molecular formula is C17H26N2O2. The zero-order chi connectivity index (χ0) is 15.0. The lowest BCUT2D eigenvalue weighted by molar-refractivity contribution is 0.0615. The van der Waals surface area contributed by atoms with E-state index in [9.17, 15) is 4.79 Å². The summed E-state index contributed by atoms with van der Waals surface area (Å²) in [5, 5.41) is 3.65. The van der Waals surface area contributed by atoms with Gasteiger partial charge in [0.1, 0.15) is 11.5 Å². The molecule has 3 rings (SSSR count). The topological polar surface area (TPSA) is 45.5 Å². The Labute approximate surface area is 126 Å². The van der Waals surface area contributed by atoms with E-state index in [1.54, 1.807) is 0 Å². The second kappa shape index (κ2) is 5.84. The van der Waals surface area contributed by atoms with Gasteiger partial charge < -0.3 is 14.6 Å². The van der Waals surface area contributed by atoms with Crippen molar-refractivity contribution < 1.29 is 9.21 Å². The average molecular weight is 290 g/mol. The number of carbonyl (C=O) groups excluding carboxylic acids is 1. The molecular weight excluding hydrogens is 264 g/mol. The minimum Gasteiger partial charge on any atom is -0.466 e. The highest BCUT2D eigenvalue weighted by Gasteiger charge is 2.38. The lowest BCUT2D eigenvalue weighted by atomic mass is 9.97. The molecule has 1 N–H and O–H groups in total. The third-order valence-electron chi connectivity index (χ3n) is 4.89. The lowest BCUT2D eigenvalue weighted by Gasteiger charge is -2.37. The van der Waals surface area contributed by atoms with Crippen LogP contribution < -0.4 is 5.32 Å². The minimum atomic E-state index is 0.150. The Bertz CT molecular complexity index is 511. The molecule has 2 aliphatic rings. The molecule has 0 aliphatic carbocycles. The van der Waals surface area contributed by atoms with Crippen LogP contribution in [0, 0.1) is 13.8 Å². The number of piperidine rings is 1. The number of hydrogen-bond acceptors (Lipinski definition) is 3. The molecule has 0 saturated carbocycles. The Balaban J connectivity index is 1.80. The molecule has 2 atom stereocenters. The molecule has 2 bridgehead atoms. The molecule has 2 unspecified atom stereocenters. The number of furan rings is 1. The van der Waals surface area contributed by atoms with E-state index < -0.39 is 0 Å². The second-order valence-electron chi connectivity index (χ2n) is 6.59. The van der Waals surface area contributed by atoms with Crippen molar-refractivity contribution in [3.63, 3.8) is 0 Å². The number of amides is 1. The van der Waals surface area contributed by atoms with Crippen LogP contribution in [0.3, 0.4) is 0 Å². The SMILES string of the molecule is CCCN(C(=O)c1cc(C)oc1C)C1CC2CCC(C1)N2. The van der Waals surface area contributed by atoms with Gasteiger partial charge in [-0.1, -0.05) is 6.92 Å². The Morgan fingerprint density at radius 2 is 2.00 bits per heavy atom. The summed E-state index contributed by atoms with van der Waals surface area (Å²) in [4.78, 5) is 15.0. The summed E-state index contributed by atoms with van der Waals surface area (Å²) in [7, 11) is 0. The number of hydrogen-bond donors (Lipinski definition) is 1. The van der Waals surface area contributed by atoms with Gasteiger partial charge in [-0.15, -0.1) is 0 Å². The van der Waals surface area contributed by atoms with Crippen LogP contribution in [-0.2, 0) is 0 Å². The largest absolute Gasteiger partial charge is 0.466 e. The van der Waals surface area contributed by atoms with E-state index >= 15 is 0 Å². The number of aryl methyl sites for hydroxylation is 2. The van der Waals surface area contributed by atoms with Gasteiger partial charge in [0.25, 0.3) is 5.91 Å². The first kappa shape index (κ1) is 14.6. The molecule has 21 heavy (non-hydrogen) atoms. The highest BCUT2D eigenvalue weighted by Crippen LogP contribution is 2.31. The van der Waals surface area contributed by atoms with E-state index in [2.05, 4.69) is 17.1 Å². The van der Waals surface area contributed by atoms with E-state index in [0.717, 1.165) is 42.9 Å². The summed E-state index contributed by atoms with van der Waals surface area (Å²) in [6.45, 7) is 6.77. The molecule has 1 aromatic heterocycles. The van der Waals surface area contributed by atoms with Gasteiger partial charge in [-0.3, -0.25) is 4.79 Å². The number of rotatable bonds is 4. The zero-order valence-electron chi connectivity index (χ0n) is 13.3. The molecule has 2 aliphatic heterocycles. The predicted octanol–water partition coefficient (Wildman–Crippen LogP) is 3.03. The fraction of sp³-hybridized carbons (Fsp3) is 0.706. The summed E-state index contributed by atoms with van der Waals surface area (Å²) in [5.74, 6) is 1.71. The molecule has 0 radical (unpaired) electrons. The molecule has 2 saturated heterocycles. The van der Waals surface area contributed by atoms with Crippen molar-refractivity contribution in [1.29, 1.82) is 0 Å². The van der Waals surface area contributed by atoms with E-state index in [1.165, 1.54) is 12.8 Å². The fourth-order valence-electron chi connectivity index (χ4n) is 3.97. The van der Waals surface area contributed by atoms with Crippen LogP contribution in [0.2, 0.25) is 0 Å². The molecule has 116 valence electrons. The van der Waals surface area contributed by atoms with Gasteiger partial charge in [0, 0.05) is 24.7 Å². The Kier molecular flexibility index (Phi) is 4.07. The van der Waals surface area contributed by atoms with Gasteiger partial charge in [0.2, 0.25) is 0 Å². The number of fused-ring (bicyclic) bond motifs is 2. The van der Waals surface area contributed by atoms with Crippen molar-refractivity contribution in [1.82, 2.24) is 10.2 Å². The van der Waals surface area contributed by atoms with Crippen molar-refractivity contribution >= 4 is 5.91 Å². The summed E-state index contributed by atoms with van der Waals surface area (Å²) < 4.78 is 5.55. The zero-order valence-corrected chi connectivity index (χ0v) is 13.3. The molecule has 0 spiro atoms. The standard InChI is InChI=1S/C17H26N2O2/c1-4-7-19(15-9-13-5-6-14(10-15)18-13)17(20)16-8-11(2)21-12(16)3/h8,13-15,18H,4-7,9-10H2,1-3H3. The molecule has 3 heterocycles. The van der Waals surface area contributed by atoms with Gasteiger partial charge in [0.15, 0.2) is 0 Å². The average Bonchev–Trinajstić information content (AvgIpc) is 2.97. The second-order valence-corrected chi connectivity index (χ2v) is 6.59. The third-order valence-corrected chi connectivity index (χ3v) is 4.89. The van der Waals surface area contributed by atoms with Gasteiger partial charge in [0.05, 0.1) is 5.56 Å². The molecule has 4 heteroatoms. The minimum absolute atomic E-state index is 0.150. The summed E-state index contributed by atoms with van der Waals surface area (Å²) in [6.07, 6.45) is 5.72. The highest BCUT2D eigenvalue weighted by atomic mass is 16.3. The van der Waals surface area contributed by atoms with Gasteiger partial charge >= 0.3 is 0 Å². The molecule has 2 fully saturated rings. The van der Waals surface area contributed by atoms with Crippen molar-refractivity contribution in [3.8, 4) is 0 Å². The lowest BCUT2D eigenvalue weighted by Crippen LogP contribution is -2.50. The van der Waals surface area contributed by atoms with Crippen LogP contribution in [0.15, 0.2) is 10.5 Å². The molecule has 1 aromatic rings. The van der Waals surface area contributed by atoms with Crippen molar-refractivity contribution in [2.45, 2.75) is 71.0 Å². The van der Waals surface area contributed by atoms with E-state index in [0.29, 0.717) is 18.1 Å². The van der Waals surface area contributed by atoms with Crippen molar-refractivity contribution in [2.75, 3.05) is 6.54 Å². The van der Waals surface area contributed by atoms with Crippen LogP contribution in [0.1, 0.15) is 60.9 Å².